The molecular weight excluding hydrogens is 240 g/mol. The average molecular weight is 266 g/mol. The van der Waals surface area contributed by atoms with Crippen LogP contribution in [0.15, 0.2) is 0 Å². The normalized spacial score (nSPS) is 17.1. The fourth-order valence-corrected chi connectivity index (χ4v) is 2.93. The lowest BCUT2D eigenvalue weighted by atomic mass is 9.98. The summed E-state index contributed by atoms with van der Waals surface area (Å²) in [5, 5.41) is 4.56. The summed E-state index contributed by atoms with van der Waals surface area (Å²) in [4.78, 5) is 2.37. The van der Waals surface area contributed by atoms with Crippen molar-refractivity contribution in [3.05, 3.63) is 5.69 Å². The van der Waals surface area contributed by atoms with E-state index in [0.29, 0.717) is 5.92 Å². The van der Waals surface area contributed by atoms with Gasteiger partial charge in [0.1, 0.15) is 5.82 Å². The molecule has 19 heavy (non-hydrogen) atoms. The minimum absolute atomic E-state index is 0.686. The molecular formula is C14H26N4O. The lowest BCUT2D eigenvalue weighted by Gasteiger charge is -2.33. The first-order valence-corrected chi connectivity index (χ1v) is 7.22. The van der Waals surface area contributed by atoms with Gasteiger partial charge in [0, 0.05) is 33.9 Å². The van der Waals surface area contributed by atoms with Gasteiger partial charge in [-0.2, -0.15) is 5.10 Å². The summed E-state index contributed by atoms with van der Waals surface area (Å²) in [5.41, 5.74) is 8.18. The zero-order valence-electron chi connectivity index (χ0n) is 12.4. The van der Waals surface area contributed by atoms with Crippen molar-refractivity contribution < 1.29 is 4.74 Å². The van der Waals surface area contributed by atoms with Gasteiger partial charge in [-0.05, 0) is 25.2 Å². The van der Waals surface area contributed by atoms with Crippen LogP contribution in [-0.4, -0.2) is 36.6 Å². The molecule has 0 amide bonds. The van der Waals surface area contributed by atoms with Crippen molar-refractivity contribution in [3.63, 3.8) is 0 Å². The van der Waals surface area contributed by atoms with E-state index < -0.39 is 0 Å². The number of anilines is 2. The number of hydrogen-bond acceptors (Lipinski definition) is 4. The Morgan fingerprint density at radius 1 is 1.37 bits per heavy atom. The maximum atomic E-state index is 6.26. The van der Waals surface area contributed by atoms with Crippen LogP contribution in [0.1, 0.15) is 31.9 Å². The van der Waals surface area contributed by atoms with Crippen molar-refractivity contribution in [1.82, 2.24) is 9.78 Å². The number of ether oxygens (including phenoxy) is 1. The summed E-state index contributed by atoms with van der Waals surface area (Å²) in [6.07, 6.45) is 4.37. The average Bonchev–Trinajstić information content (AvgIpc) is 2.67. The molecule has 2 N–H and O–H groups in total. The van der Waals surface area contributed by atoms with Crippen LogP contribution >= 0.6 is 0 Å². The molecule has 0 aromatic carbocycles. The van der Waals surface area contributed by atoms with Crippen LogP contribution in [0.5, 0.6) is 0 Å². The van der Waals surface area contributed by atoms with Crippen molar-refractivity contribution in [2.24, 2.45) is 13.0 Å². The first-order chi connectivity index (χ1) is 9.17. The molecule has 0 bridgehead atoms. The summed E-state index contributed by atoms with van der Waals surface area (Å²) in [7, 11) is 3.77. The Balaban J connectivity index is 2.07. The molecule has 0 saturated carbocycles. The van der Waals surface area contributed by atoms with Crippen LogP contribution in [0, 0.1) is 5.92 Å². The van der Waals surface area contributed by atoms with Gasteiger partial charge in [0.15, 0.2) is 0 Å². The smallest absolute Gasteiger partial charge is 0.150 e. The van der Waals surface area contributed by atoms with E-state index in [4.69, 9.17) is 10.5 Å². The van der Waals surface area contributed by atoms with E-state index in [9.17, 15) is 0 Å². The minimum Gasteiger partial charge on any atom is -0.394 e. The number of rotatable bonds is 5. The fraction of sp³-hybridized carbons (Fsp3) is 0.786. The molecule has 2 heterocycles. The zero-order chi connectivity index (χ0) is 13.8. The van der Waals surface area contributed by atoms with Gasteiger partial charge in [-0.25, -0.2) is 0 Å². The third-order valence-corrected chi connectivity index (χ3v) is 3.93. The van der Waals surface area contributed by atoms with Crippen molar-refractivity contribution >= 4 is 11.5 Å². The standard InChI is InChI=1S/C14H26N4O/c1-4-5-12-13(15)14(17(2)16-12)18-8-6-11(7-9-18)10-19-3/h11H,4-10,15H2,1-3H3. The molecule has 1 fully saturated rings. The Hall–Kier alpha value is -1.23. The van der Waals surface area contributed by atoms with Crippen molar-refractivity contribution in [2.45, 2.75) is 32.6 Å². The summed E-state index contributed by atoms with van der Waals surface area (Å²) in [6, 6.07) is 0. The Morgan fingerprint density at radius 3 is 2.63 bits per heavy atom. The van der Waals surface area contributed by atoms with Crippen LogP contribution < -0.4 is 10.6 Å². The molecule has 1 saturated heterocycles. The molecule has 0 radical (unpaired) electrons. The number of methoxy groups -OCH3 is 1. The van der Waals surface area contributed by atoms with Crippen molar-refractivity contribution in [1.29, 1.82) is 0 Å². The molecule has 0 aliphatic carbocycles. The molecule has 108 valence electrons. The number of aromatic nitrogens is 2. The van der Waals surface area contributed by atoms with E-state index in [1.165, 1.54) is 12.8 Å². The third kappa shape index (κ3) is 3.03. The van der Waals surface area contributed by atoms with Gasteiger partial charge in [0.2, 0.25) is 0 Å². The fourth-order valence-electron chi connectivity index (χ4n) is 2.93. The second kappa shape index (κ2) is 6.28. The number of hydrogen-bond donors (Lipinski definition) is 1. The largest absolute Gasteiger partial charge is 0.394 e. The Kier molecular flexibility index (Phi) is 4.69. The lowest BCUT2D eigenvalue weighted by Crippen LogP contribution is -2.36. The van der Waals surface area contributed by atoms with Gasteiger partial charge < -0.3 is 15.4 Å². The Labute approximate surface area is 115 Å². The van der Waals surface area contributed by atoms with Crippen LogP contribution in [0.4, 0.5) is 11.5 Å². The highest BCUT2D eigenvalue weighted by Gasteiger charge is 2.24. The molecule has 0 atom stereocenters. The number of nitrogens with two attached hydrogens (primary N) is 1. The highest BCUT2D eigenvalue weighted by Crippen LogP contribution is 2.30. The lowest BCUT2D eigenvalue weighted by molar-refractivity contribution is 0.139. The molecule has 0 spiro atoms. The summed E-state index contributed by atoms with van der Waals surface area (Å²) in [6.45, 7) is 5.12. The molecule has 1 aliphatic heterocycles. The van der Waals surface area contributed by atoms with Gasteiger partial charge in [-0.15, -0.1) is 0 Å². The molecule has 1 aromatic rings. The SMILES string of the molecule is CCCc1nn(C)c(N2CCC(COC)CC2)c1N. The second-order valence-electron chi connectivity index (χ2n) is 5.44. The molecule has 2 rings (SSSR count). The van der Waals surface area contributed by atoms with Gasteiger partial charge in [0.05, 0.1) is 11.4 Å². The second-order valence-corrected chi connectivity index (χ2v) is 5.44. The summed E-state index contributed by atoms with van der Waals surface area (Å²) < 4.78 is 7.19. The number of nitrogen functional groups attached to an aromatic ring is 1. The maximum absolute atomic E-state index is 6.26. The van der Waals surface area contributed by atoms with Crippen LogP contribution in [0.25, 0.3) is 0 Å². The van der Waals surface area contributed by atoms with Crippen molar-refractivity contribution in [3.8, 4) is 0 Å². The van der Waals surface area contributed by atoms with Gasteiger partial charge in [0.25, 0.3) is 0 Å². The number of aryl methyl sites for hydroxylation is 2. The third-order valence-electron chi connectivity index (χ3n) is 3.93. The Morgan fingerprint density at radius 2 is 2.05 bits per heavy atom. The molecule has 5 heteroatoms. The first kappa shape index (κ1) is 14.2. The van der Waals surface area contributed by atoms with Gasteiger partial charge >= 0.3 is 0 Å². The van der Waals surface area contributed by atoms with E-state index in [2.05, 4.69) is 16.9 Å². The predicted molar refractivity (Wildman–Crippen MR) is 78.4 cm³/mol. The van der Waals surface area contributed by atoms with E-state index in [-0.39, 0.29) is 0 Å². The summed E-state index contributed by atoms with van der Waals surface area (Å²) >= 11 is 0. The van der Waals surface area contributed by atoms with Gasteiger partial charge in [-0.1, -0.05) is 13.3 Å². The van der Waals surface area contributed by atoms with Gasteiger partial charge in [-0.3, -0.25) is 4.68 Å². The highest BCUT2D eigenvalue weighted by molar-refractivity contribution is 5.66. The molecule has 5 nitrogen and oxygen atoms in total. The topological polar surface area (TPSA) is 56.3 Å². The monoisotopic (exact) mass is 266 g/mol. The van der Waals surface area contributed by atoms with Crippen molar-refractivity contribution in [2.75, 3.05) is 37.4 Å². The van der Waals surface area contributed by atoms with E-state index >= 15 is 0 Å². The number of piperidine rings is 1. The zero-order valence-corrected chi connectivity index (χ0v) is 12.4. The Bertz CT molecular complexity index is 408. The minimum atomic E-state index is 0.686. The summed E-state index contributed by atoms with van der Waals surface area (Å²) in [5.74, 6) is 1.78. The van der Waals surface area contributed by atoms with Crippen LogP contribution in [0.3, 0.4) is 0 Å². The highest BCUT2D eigenvalue weighted by atomic mass is 16.5. The van der Waals surface area contributed by atoms with E-state index in [1.807, 2.05) is 11.7 Å². The van der Waals surface area contributed by atoms with E-state index in [1.54, 1.807) is 7.11 Å². The molecule has 1 aromatic heterocycles. The quantitative estimate of drug-likeness (QED) is 0.883. The predicted octanol–water partition coefficient (Wildman–Crippen LogP) is 1.82. The van der Waals surface area contributed by atoms with Crippen LogP contribution in [0.2, 0.25) is 0 Å². The molecule has 0 unspecified atom stereocenters. The molecule has 1 aliphatic rings. The van der Waals surface area contributed by atoms with E-state index in [0.717, 1.165) is 49.7 Å². The maximum Gasteiger partial charge on any atom is 0.150 e. The first-order valence-electron chi connectivity index (χ1n) is 7.22. The van der Waals surface area contributed by atoms with Crippen LogP contribution in [-0.2, 0) is 18.2 Å². The number of nitrogens with zero attached hydrogens (tertiary/aromatic N) is 3.